The molecule has 0 aliphatic rings. The van der Waals surface area contributed by atoms with Gasteiger partial charge in [-0.15, -0.1) is 0 Å². The number of ether oxygens (including phenoxy) is 2. The van der Waals surface area contributed by atoms with Gasteiger partial charge in [0.1, 0.15) is 17.4 Å². The maximum absolute atomic E-state index is 12.3. The van der Waals surface area contributed by atoms with E-state index >= 15 is 0 Å². The minimum Gasteiger partial charge on any atom is -0.504 e. The number of carbonyl (C=O) groups is 1. The molecule has 0 heterocycles. The lowest BCUT2D eigenvalue weighted by Crippen LogP contribution is -2.13. The molecule has 2 N–H and O–H groups in total. The molecule has 0 saturated heterocycles. The molecule has 0 aromatic heterocycles. The number of nitrogens with one attached hydrogen (secondary N) is 1. The molecule has 2 rings (SSSR count). The van der Waals surface area contributed by atoms with Gasteiger partial charge in [-0.3, -0.25) is 4.79 Å². The highest BCUT2D eigenvalue weighted by molar-refractivity contribution is 14.1. The van der Waals surface area contributed by atoms with Crippen molar-refractivity contribution in [2.45, 2.75) is 6.92 Å². The van der Waals surface area contributed by atoms with E-state index in [2.05, 4.69) is 5.32 Å². The van der Waals surface area contributed by atoms with Crippen LogP contribution in [0, 0.1) is 14.9 Å². The van der Waals surface area contributed by atoms with Crippen LogP contribution in [0.15, 0.2) is 42.0 Å². The normalized spacial score (nSPS) is 10.8. The standard InChI is InChI=1S/C19H17IN2O4/c1-3-26-15-6-4-14(5-7-15)22-19(24)13(11-21)8-12-9-16(20)18(23)17(10-12)25-2/h4-10,23H,3H2,1-2H3,(H,22,24)/b13-8-. The topological polar surface area (TPSA) is 91.6 Å². The van der Waals surface area contributed by atoms with Crippen LogP contribution in [0.5, 0.6) is 17.2 Å². The fourth-order valence-corrected chi connectivity index (χ4v) is 2.77. The predicted molar refractivity (Wildman–Crippen MR) is 107 cm³/mol. The third-order valence-electron chi connectivity index (χ3n) is 3.37. The Labute approximate surface area is 165 Å². The Morgan fingerprint density at radius 3 is 2.62 bits per heavy atom. The first-order valence-corrected chi connectivity index (χ1v) is 8.78. The second-order valence-corrected chi connectivity index (χ2v) is 6.30. The van der Waals surface area contributed by atoms with Gasteiger partial charge in [0.15, 0.2) is 11.5 Å². The number of phenolic OH excluding ortho intramolecular Hbond substituents is 1. The third-order valence-corrected chi connectivity index (χ3v) is 4.19. The van der Waals surface area contributed by atoms with Crippen LogP contribution in [0.25, 0.3) is 6.08 Å². The average Bonchev–Trinajstić information content (AvgIpc) is 2.64. The molecule has 0 fully saturated rings. The number of hydrogen-bond acceptors (Lipinski definition) is 5. The molecule has 0 unspecified atom stereocenters. The van der Waals surface area contributed by atoms with Crippen LogP contribution in [0.3, 0.4) is 0 Å². The molecule has 0 aliphatic carbocycles. The van der Waals surface area contributed by atoms with E-state index in [1.165, 1.54) is 13.2 Å². The van der Waals surface area contributed by atoms with Crippen molar-refractivity contribution in [1.82, 2.24) is 0 Å². The zero-order valence-electron chi connectivity index (χ0n) is 14.2. The van der Waals surface area contributed by atoms with E-state index < -0.39 is 5.91 Å². The number of amides is 1. The zero-order valence-corrected chi connectivity index (χ0v) is 16.4. The number of methoxy groups -OCH3 is 1. The molecule has 2 aromatic rings. The Morgan fingerprint density at radius 1 is 1.35 bits per heavy atom. The lowest BCUT2D eigenvalue weighted by Gasteiger charge is -2.08. The number of aromatic hydroxyl groups is 1. The summed E-state index contributed by atoms with van der Waals surface area (Å²) in [6.45, 7) is 2.45. The number of nitrogens with zero attached hydrogens (tertiary/aromatic N) is 1. The highest BCUT2D eigenvalue weighted by Gasteiger charge is 2.12. The van der Waals surface area contributed by atoms with Crippen LogP contribution in [0.4, 0.5) is 5.69 Å². The van der Waals surface area contributed by atoms with Gasteiger partial charge < -0.3 is 19.9 Å². The Balaban J connectivity index is 2.22. The Kier molecular flexibility index (Phi) is 6.86. The molecular formula is C19H17IN2O4. The lowest BCUT2D eigenvalue weighted by molar-refractivity contribution is -0.112. The monoisotopic (exact) mass is 464 g/mol. The summed E-state index contributed by atoms with van der Waals surface area (Å²) in [4.78, 5) is 12.3. The van der Waals surface area contributed by atoms with E-state index in [9.17, 15) is 15.2 Å². The van der Waals surface area contributed by atoms with E-state index in [0.717, 1.165) is 0 Å². The Morgan fingerprint density at radius 2 is 2.04 bits per heavy atom. The lowest BCUT2D eigenvalue weighted by atomic mass is 10.1. The number of benzene rings is 2. The van der Waals surface area contributed by atoms with Crippen molar-refractivity contribution in [2.75, 3.05) is 19.0 Å². The second-order valence-electron chi connectivity index (χ2n) is 5.13. The van der Waals surface area contributed by atoms with Crippen LogP contribution in [0.1, 0.15) is 12.5 Å². The number of phenols is 1. The highest BCUT2D eigenvalue weighted by atomic mass is 127. The van der Waals surface area contributed by atoms with Crippen molar-refractivity contribution >= 4 is 40.3 Å². The Bertz CT molecular complexity index is 870. The molecular weight excluding hydrogens is 447 g/mol. The van der Waals surface area contributed by atoms with Crippen molar-refractivity contribution in [1.29, 1.82) is 5.26 Å². The van der Waals surface area contributed by atoms with Gasteiger partial charge in [-0.25, -0.2) is 0 Å². The van der Waals surface area contributed by atoms with Gasteiger partial charge in [-0.2, -0.15) is 5.26 Å². The smallest absolute Gasteiger partial charge is 0.266 e. The summed E-state index contributed by atoms with van der Waals surface area (Å²) in [7, 11) is 1.43. The molecule has 1 amide bonds. The summed E-state index contributed by atoms with van der Waals surface area (Å²) in [5.74, 6) is 0.459. The second kappa shape index (κ2) is 9.10. The van der Waals surface area contributed by atoms with E-state index in [0.29, 0.717) is 27.2 Å². The summed E-state index contributed by atoms with van der Waals surface area (Å²) in [5.41, 5.74) is 1.06. The van der Waals surface area contributed by atoms with E-state index in [1.807, 2.05) is 35.6 Å². The maximum atomic E-state index is 12.3. The number of nitriles is 1. The van der Waals surface area contributed by atoms with Gasteiger partial charge >= 0.3 is 0 Å². The summed E-state index contributed by atoms with van der Waals surface area (Å²) in [6, 6.07) is 12.0. The molecule has 6 nitrogen and oxygen atoms in total. The van der Waals surface area contributed by atoms with Gasteiger partial charge in [0, 0.05) is 5.69 Å². The molecule has 0 saturated carbocycles. The number of halogens is 1. The van der Waals surface area contributed by atoms with Crippen molar-refractivity contribution in [3.63, 3.8) is 0 Å². The van der Waals surface area contributed by atoms with Gasteiger partial charge in [0.2, 0.25) is 0 Å². The van der Waals surface area contributed by atoms with Crippen molar-refractivity contribution in [3.05, 3.63) is 51.1 Å². The molecule has 0 radical (unpaired) electrons. The average molecular weight is 464 g/mol. The van der Waals surface area contributed by atoms with Crippen LogP contribution < -0.4 is 14.8 Å². The molecule has 7 heteroatoms. The van der Waals surface area contributed by atoms with Crippen LogP contribution in [-0.4, -0.2) is 24.7 Å². The van der Waals surface area contributed by atoms with Gasteiger partial charge in [-0.1, -0.05) is 0 Å². The first-order valence-electron chi connectivity index (χ1n) is 7.71. The molecule has 0 spiro atoms. The highest BCUT2D eigenvalue weighted by Crippen LogP contribution is 2.33. The van der Waals surface area contributed by atoms with E-state index in [4.69, 9.17) is 9.47 Å². The Hall–Kier alpha value is -2.73. The largest absolute Gasteiger partial charge is 0.504 e. The van der Waals surface area contributed by atoms with E-state index in [-0.39, 0.29) is 17.1 Å². The van der Waals surface area contributed by atoms with Crippen molar-refractivity contribution in [3.8, 4) is 23.3 Å². The summed E-state index contributed by atoms with van der Waals surface area (Å²) in [5, 5.41) is 21.9. The molecule has 0 aliphatic heterocycles. The fraction of sp³-hybridized carbons (Fsp3) is 0.158. The SMILES string of the molecule is CCOc1ccc(NC(=O)/C(C#N)=C\c2cc(I)c(O)c(OC)c2)cc1. The minimum absolute atomic E-state index is 0.0163. The number of carbonyl (C=O) groups excluding carboxylic acids is 1. The first kappa shape index (κ1) is 19.6. The van der Waals surface area contributed by atoms with Gasteiger partial charge in [0.25, 0.3) is 5.91 Å². The molecule has 26 heavy (non-hydrogen) atoms. The predicted octanol–water partition coefficient (Wildman–Crippen LogP) is 3.95. The van der Waals surface area contributed by atoms with E-state index in [1.54, 1.807) is 36.4 Å². The van der Waals surface area contributed by atoms with Gasteiger partial charge in [-0.05, 0) is 77.6 Å². The number of rotatable bonds is 6. The van der Waals surface area contributed by atoms with Crippen LogP contribution in [0.2, 0.25) is 0 Å². The first-order chi connectivity index (χ1) is 12.5. The van der Waals surface area contributed by atoms with Crippen LogP contribution in [-0.2, 0) is 4.79 Å². The van der Waals surface area contributed by atoms with Crippen molar-refractivity contribution < 1.29 is 19.4 Å². The minimum atomic E-state index is -0.529. The molecule has 134 valence electrons. The molecule has 2 aromatic carbocycles. The summed E-state index contributed by atoms with van der Waals surface area (Å²) < 4.78 is 11.0. The fourth-order valence-electron chi connectivity index (χ4n) is 2.15. The summed E-state index contributed by atoms with van der Waals surface area (Å²) in [6.07, 6.45) is 1.44. The quantitative estimate of drug-likeness (QED) is 0.384. The van der Waals surface area contributed by atoms with Crippen molar-refractivity contribution in [2.24, 2.45) is 0 Å². The van der Waals surface area contributed by atoms with Gasteiger partial charge in [0.05, 0.1) is 17.3 Å². The number of anilines is 1. The molecule has 0 bridgehead atoms. The third kappa shape index (κ3) is 4.89. The number of hydrogen-bond donors (Lipinski definition) is 2. The zero-order chi connectivity index (χ0) is 19.1. The summed E-state index contributed by atoms with van der Waals surface area (Å²) >= 11 is 1.95. The van der Waals surface area contributed by atoms with Crippen LogP contribution >= 0.6 is 22.6 Å². The maximum Gasteiger partial charge on any atom is 0.266 e. The molecule has 0 atom stereocenters.